The largest absolute Gasteiger partial charge is 0.305 e. The summed E-state index contributed by atoms with van der Waals surface area (Å²) in [5, 5.41) is 2.10. The number of carbonyl (C=O) groups excluding carboxylic acids is 1. The third-order valence-electron chi connectivity index (χ3n) is 2.62. The molecule has 0 radical (unpaired) electrons. The second kappa shape index (κ2) is 5.67. The lowest BCUT2D eigenvalue weighted by Gasteiger charge is -2.16. The first-order valence-corrected chi connectivity index (χ1v) is 7.04. The zero-order chi connectivity index (χ0) is 14.0. The number of pyridine rings is 1. The van der Waals surface area contributed by atoms with Crippen molar-refractivity contribution < 1.29 is 4.79 Å². The normalized spacial score (nSPS) is 10.8. The summed E-state index contributed by atoms with van der Waals surface area (Å²) in [4.78, 5) is 21.9. The van der Waals surface area contributed by atoms with Crippen molar-refractivity contribution in [3.8, 4) is 10.6 Å². The summed E-state index contributed by atoms with van der Waals surface area (Å²) in [5.74, 6) is 0.0391. The average molecular weight is 296 g/mol. The van der Waals surface area contributed by atoms with E-state index in [0.29, 0.717) is 5.15 Å². The summed E-state index contributed by atoms with van der Waals surface area (Å²) < 4.78 is 0. The molecule has 0 N–H and O–H groups in total. The number of hydrogen-bond donors (Lipinski definition) is 0. The number of aromatic nitrogens is 2. The zero-order valence-electron chi connectivity index (χ0n) is 10.9. The Balaban J connectivity index is 2.24. The van der Waals surface area contributed by atoms with Crippen molar-refractivity contribution in [2.75, 3.05) is 11.9 Å². The van der Waals surface area contributed by atoms with Gasteiger partial charge in [0, 0.05) is 24.7 Å². The molecule has 2 heterocycles. The van der Waals surface area contributed by atoms with Gasteiger partial charge in [-0.25, -0.2) is 9.97 Å². The Morgan fingerprint density at radius 3 is 2.63 bits per heavy atom. The monoisotopic (exact) mass is 295 g/mol. The van der Waals surface area contributed by atoms with Crippen molar-refractivity contribution >= 4 is 33.8 Å². The fraction of sp³-hybridized carbons (Fsp3) is 0.308. The van der Waals surface area contributed by atoms with E-state index in [1.54, 1.807) is 30.4 Å². The summed E-state index contributed by atoms with van der Waals surface area (Å²) in [6, 6.07) is 3.59. The number of halogens is 1. The van der Waals surface area contributed by atoms with E-state index in [-0.39, 0.29) is 11.8 Å². The molecule has 19 heavy (non-hydrogen) atoms. The Kier molecular flexibility index (Phi) is 4.17. The Morgan fingerprint density at radius 2 is 2.05 bits per heavy atom. The summed E-state index contributed by atoms with van der Waals surface area (Å²) >= 11 is 7.21. The molecule has 0 unspecified atom stereocenters. The molecule has 0 aliphatic carbocycles. The molecular weight excluding hydrogens is 282 g/mol. The fourth-order valence-corrected chi connectivity index (χ4v) is 2.54. The standard InChI is InChI=1S/C13H14ClN3OS/c1-8(2)13(18)17(3)11-7-16-12(19-11)9-4-5-10(14)15-6-9/h4-8H,1-3H3. The Morgan fingerprint density at radius 1 is 1.32 bits per heavy atom. The van der Waals surface area contributed by atoms with E-state index in [1.807, 2.05) is 19.9 Å². The topological polar surface area (TPSA) is 46.1 Å². The molecule has 4 nitrogen and oxygen atoms in total. The van der Waals surface area contributed by atoms with E-state index in [2.05, 4.69) is 9.97 Å². The summed E-state index contributed by atoms with van der Waals surface area (Å²) in [6.45, 7) is 3.76. The number of hydrogen-bond acceptors (Lipinski definition) is 4. The molecule has 1 amide bonds. The lowest BCUT2D eigenvalue weighted by molar-refractivity contribution is -0.121. The molecular formula is C13H14ClN3OS. The van der Waals surface area contributed by atoms with Gasteiger partial charge in [-0.2, -0.15) is 0 Å². The van der Waals surface area contributed by atoms with E-state index >= 15 is 0 Å². The summed E-state index contributed by atoms with van der Waals surface area (Å²) in [5.41, 5.74) is 0.894. The van der Waals surface area contributed by atoms with Gasteiger partial charge in [0.15, 0.2) is 0 Å². The highest BCUT2D eigenvalue weighted by molar-refractivity contribution is 7.19. The summed E-state index contributed by atoms with van der Waals surface area (Å²) in [7, 11) is 1.76. The van der Waals surface area contributed by atoms with E-state index in [1.165, 1.54) is 11.3 Å². The van der Waals surface area contributed by atoms with Crippen LogP contribution in [0.3, 0.4) is 0 Å². The van der Waals surface area contributed by atoms with Crippen molar-refractivity contribution in [3.05, 3.63) is 29.7 Å². The molecule has 2 aromatic heterocycles. The van der Waals surface area contributed by atoms with E-state index in [4.69, 9.17) is 11.6 Å². The number of amides is 1. The lowest BCUT2D eigenvalue weighted by atomic mass is 10.2. The van der Waals surface area contributed by atoms with Crippen molar-refractivity contribution in [1.29, 1.82) is 0 Å². The SMILES string of the molecule is CC(C)C(=O)N(C)c1cnc(-c2ccc(Cl)nc2)s1. The van der Waals surface area contributed by atoms with Gasteiger partial charge in [0.25, 0.3) is 0 Å². The van der Waals surface area contributed by atoms with E-state index in [0.717, 1.165) is 15.6 Å². The third-order valence-corrected chi connectivity index (χ3v) is 3.97. The minimum atomic E-state index is -0.0345. The van der Waals surface area contributed by atoms with Crippen LogP contribution in [0.15, 0.2) is 24.5 Å². The molecule has 2 rings (SSSR count). The first-order chi connectivity index (χ1) is 8.99. The maximum absolute atomic E-state index is 11.9. The molecule has 0 aromatic carbocycles. The quantitative estimate of drug-likeness (QED) is 0.815. The zero-order valence-corrected chi connectivity index (χ0v) is 12.5. The molecule has 0 fully saturated rings. The van der Waals surface area contributed by atoms with Crippen LogP contribution >= 0.6 is 22.9 Å². The highest BCUT2D eigenvalue weighted by Crippen LogP contribution is 2.30. The predicted molar refractivity (Wildman–Crippen MR) is 78.6 cm³/mol. The van der Waals surface area contributed by atoms with Crippen LogP contribution in [-0.2, 0) is 4.79 Å². The van der Waals surface area contributed by atoms with Crippen LogP contribution in [0.4, 0.5) is 5.00 Å². The van der Waals surface area contributed by atoms with Crippen molar-refractivity contribution in [2.24, 2.45) is 5.92 Å². The van der Waals surface area contributed by atoms with E-state index in [9.17, 15) is 4.79 Å². The highest BCUT2D eigenvalue weighted by atomic mass is 35.5. The molecule has 0 aliphatic heterocycles. The van der Waals surface area contributed by atoms with Crippen molar-refractivity contribution in [2.45, 2.75) is 13.8 Å². The van der Waals surface area contributed by atoms with Crippen LogP contribution in [0.2, 0.25) is 5.15 Å². The second-order valence-corrected chi connectivity index (χ2v) is 5.82. The number of rotatable bonds is 3. The first-order valence-electron chi connectivity index (χ1n) is 5.84. The predicted octanol–water partition coefficient (Wildman–Crippen LogP) is 3.48. The van der Waals surface area contributed by atoms with Crippen LogP contribution in [0, 0.1) is 5.92 Å². The second-order valence-electron chi connectivity index (χ2n) is 4.43. The Hall–Kier alpha value is -1.46. The van der Waals surface area contributed by atoms with Gasteiger partial charge in [0.2, 0.25) is 5.91 Å². The molecule has 100 valence electrons. The molecule has 0 saturated carbocycles. The molecule has 2 aromatic rings. The first kappa shape index (κ1) is 14.0. The Bertz CT molecular complexity index is 580. The average Bonchev–Trinajstić information content (AvgIpc) is 2.87. The van der Waals surface area contributed by atoms with Gasteiger partial charge < -0.3 is 4.90 Å². The molecule has 6 heteroatoms. The van der Waals surface area contributed by atoms with Gasteiger partial charge in [0.05, 0.1) is 6.20 Å². The molecule has 0 bridgehead atoms. The minimum Gasteiger partial charge on any atom is -0.305 e. The molecule has 0 saturated heterocycles. The van der Waals surface area contributed by atoms with Crippen LogP contribution in [0.5, 0.6) is 0 Å². The minimum absolute atomic E-state index is 0.0345. The van der Waals surface area contributed by atoms with E-state index < -0.39 is 0 Å². The van der Waals surface area contributed by atoms with Crippen molar-refractivity contribution in [3.63, 3.8) is 0 Å². The number of carbonyl (C=O) groups is 1. The molecule has 0 spiro atoms. The van der Waals surface area contributed by atoms with Crippen LogP contribution in [0.1, 0.15) is 13.8 Å². The summed E-state index contributed by atoms with van der Waals surface area (Å²) in [6.07, 6.45) is 3.38. The van der Waals surface area contributed by atoms with Gasteiger partial charge in [-0.15, -0.1) is 0 Å². The van der Waals surface area contributed by atoms with Crippen molar-refractivity contribution in [1.82, 2.24) is 9.97 Å². The highest BCUT2D eigenvalue weighted by Gasteiger charge is 2.17. The lowest BCUT2D eigenvalue weighted by Crippen LogP contribution is -2.29. The van der Waals surface area contributed by atoms with Gasteiger partial charge in [-0.1, -0.05) is 36.8 Å². The Labute approximate surface area is 121 Å². The van der Waals surface area contributed by atoms with Gasteiger partial charge in [0.1, 0.15) is 15.2 Å². The third kappa shape index (κ3) is 3.11. The van der Waals surface area contributed by atoms with Gasteiger partial charge in [-0.3, -0.25) is 4.79 Å². The number of nitrogens with zero attached hydrogens (tertiary/aromatic N) is 3. The van der Waals surface area contributed by atoms with Crippen LogP contribution in [0.25, 0.3) is 10.6 Å². The molecule has 0 atom stereocenters. The number of anilines is 1. The molecule has 0 aliphatic rings. The maximum atomic E-state index is 11.9. The fourth-order valence-electron chi connectivity index (χ4n) is 1.55. The van der Waals surface area contributed by atoms with Crippen LogP contribution in [-0.4, -0.2) is 22.9 Å². The smallest absolute Gasteiger partial charge is 0.229 e. The van der Waals surface area contributed by atoms with Gasteiger partial charge >= 0.3 is 0 Å². The van der Waals surface area contributed by atoms with Gasteiger partial charge in [-0.05, 0) is 12.1 Å². The number of thiazole rings is 1. The van der Waals surface area contributed by atoms with Crippen LogP contribution < -0.4 is 4.90 Å². The maximum Gasteiger partial charge on any atom is 0.229 e.